The van der Waals surface area contributed by atoms with Crippen LogP contribution in [0.5, 0.6) is 0 Å². The molecule has 0 bridgehead atoms. The van der Waals surface area contributed by atoms with E-state index in [1.165, 1.54) is 6.07 Å². The van der Waals surface area contributed by atoms with Crippen LogP contribution in [0.15, 0.2) is 23.4 Å². The Balaban J connectivity index is 2.69. The maximum Gasteiger partial charge on any atom is 0.173 e. The number of rotatable bonds is 7. The number of amidine groups is 1. The minimum Gasteiger partial charge on any atom is -0.409 e. The average Bonchev–Trinajstić information content (AvgIpc) is 2.43. The molecule has 1 atom stereocenters. The number of thioether (sulfide) groups is 1. The molecule has 0 spiro atoms. The van der Waals surface area contributed by atoms with Gasteiger partial charge in [-0.3, -0.25) is 0 Å². The van der Waals surface area contributed by atoms with E-state index in [0.717, 1.165) is 11.5 Å². The molecule has 4 nitrogen and oxygen atoms in total. The lowest BCUT2D eigenvalue weighted by Gasteiger charge is -2.14. The summed E-state index contributed by atoms with van der Waals surface area (Å²) in [5.41, 5.74) is 6.06. The van der Waals surface area contributed by atoms with E-state index in [4.69, 9.17) is 10.9 Å². The molecule has 1 unspecified atom stereocenters. The van der Waals surface area contributed by atoms with E-state index < -0.39 is 5.82 Å². The molecule has 0 saturated carbocycles. The fourth-order valence-corrected chi connectivity index (χ4v) is 2.31. The third-order valence-corrected chi connectivity index (χ3v) is 3.82. The van der Waals surface area contributed by atoms with Crippen LogP contribution in [0.25, 0.3) is 0 Å². The van der Waals surface area contributed by atoms with Crippen LogP contribution in [0.4, 0.5) is 4.39 Å². The summed E-state index contributed by atoms with van der Waals surface area (Å²) in [4.78, 5) is 0. The Morgan fingerprint density at radius 2 is 2.32 bits per heavy atom. The summed E-state index contributed by atoms with van der Waals surface area (Å²) in [6, 6.07) is 5.18. The summed E-state index contributed by atoms with van der Waals surface area (Å²) >= 11 is 1.84. The van der Waals surface area contributed by atoms with Crippen molar-refractivity contribution in [3.8, 4) is 0 Å². The van der Waals surface area contributed by atoms with Crippen LogP contribution in [-0.2, 0) is 6.54 Å². The van der Waals surface area contributed by atoms with Crippen LogP contribution in [-0.4, -0.2) is 28.6 Å². The summed E-state index contributed by atoms with van der Waals surface area (Å²) in [5.74, 6) is 1.40. The van der Waals surface area contributed by atoms with Gasteiger partial charge in [0.1, 0.15) is 5.82 Å². The van der Waals surface area contributed by atoms with Crippen molar-refractivity contribution in [1.82, 2.24) is 5.32 Å². The molecule has 0 heterocycles. The molecule has 0 aliphatic rings. The maximum absolute atomic E-state index is 14.1. The van der Waals surface area contributed by atoms with Gasteiger partial charge in [-0.05, 0) is 18.7 Å². The van der Waals surface area contributed by atoms with Crippen molar-refractivity contribution >= 4 is 17.6 Å². The van der Waals surface area contributed by atoms with Crippen molar-refractivity contribution in [2.45, 2.75) is 26.4 Å². The molecule has 0 radical (unpaired) electrons. The Kier molecular flexibility index (Phi) is 6.66. The van der Waals surface area contributed by atoms with Gasteiger partial charge < -0.3 is 16.3 Å². The summed E-state index contributed by atoms with van der Waals surface area (Å²) in [6.07, 6.45) is 0. The van der Waals surface area contributed by atoms with E-state index in [9.17, 15) is 4.39 Å². The quantitative estimate of drug-likeness (QED) is 0.311. The van der Waals surface area contributed by atoms with E-state index in [0.29, 0.717) is 18.2 Å². The molecular weight excluding hydrogens is 265 g/mol. The average molecular weight is 285 g/mol. The molecular formula is C13H20FN3OS. The molecule has 0 aliphatic carbocycles. The van der Waals surface area contributed by atoms with Gasteiger partial charge in [0.2, 0.25) is 0 Å². The van der Waals surface area contributed by atoms with Crippen molar-refractivity contribution in [3.63, 3.8) is 0 Å². The van der Waals surface area contributed by atoms with Gasteiger partial charge >= 0.3 is 0 Å². The highest BCUT2D eigenvalue weighted by Gasteiger charge is 2.12. The predicted molar refractivity (Wildman–Crippen MR) is 78.2 cm³/mol. The van der Waals surface area contributed by atoms with Crippen molar-refractivity contribution in [2.24, 2.45) is 10.9 Å². The zero-order valence-corrected chi connectivity index (χ0v) is 12.0. The number of hydrogen-bond donors (Lipinski definition) is 3. The standard InChI is InChI=1S/C13H20FN3OS/c1-3-19-8-9(2)16-7-10-5-4-6-11(12(10)14)13(15)17-18/h4-6,9,16,18H,3,7-8H2,1-2H3,(H2,15,17). The van der Waals surface area contributed by atoms with Crippen LogP contribution >= 0.6 is 11.8 Å². The third-order valence-electron chi connectivity index (χ3n) is 2.68. The van der Waals surface area contributed by atoms with Crippen molar-refractivity contribution < 1.29 is 9.60 Å². The highest BCUT2D eigenvalue weighted by molar-refractivity contribution is 7.99. The Hall–Kier alpha value is -1.27. The molecule has 0 saturated heterocycles. The zero-order chi connectivity index (χ0) is 14.3. The highest BCUT2D eigenvalue weighted by atomic mass is 32.2. The molecule has 0 aromatic heterocycles. The zero-order valence-electron chi connectivity index (χ0n) is 11.2. The Bertz CT molecular complexity index is 440. The summed E-state index contributed by atoms with van der Waals surface area (Å²) < 4.78 is 14.1. The molecule has 19 heavy (non-hydrogen) atoms. The van der Waals surface area contributed by atoms with Crippen molar-refractivity contribution in [3.05, 3.63) is 35.1 Å². The van der Waals surface area contributed by atoms with Gasteiger partial charge in [0, 0.05) is 23.9 Å². The number of halogens is 1. The first-order valence-electron chi connectivity index (χ1n) is 6.16. The Morgan fingerprint density at radius 3 is 2.95 bits per heavy atom. The van der Waals surface area contributed by atoms with Crippen LogP contribution in [0.1, 0.15) is 25.0 Å². The number of nitrogens with two attached hydrogens (primary N) is 1. The minimum absolute atomic E-state index is 0.123. The van der Waals surface area contributed by atoms with Gasteiger partial charge in [0.05, 0.1) is 5.56 Å². The number of benzene rings is 1. The van der Waals surface area contributed by atoms with Crippen molar-refractivity contribution in [2.75, 3.05) is 11.5 Å². The first-order valence-corrected chi connectivity index (χ1v) is 7.32. The van der Waals surface area contributed by atoms with Gasteiger partial charge in [-0.15, -0.1) is 0 Å². The summed E-state index contributed by atoms with van der Waals surface area (Å²) in [5, 5.41) is 14.7. The first-order chi connectivity index (χ1) is 9.10. The number of hydrogen-bond acceptors (Lipinski definition) is 4. The van der Waals surface area contributed by atoms with E-state index in [1.807, 2.05) is 11.8 Å². The first kappa shape index (κ1) is 15.8. The van der Waals surface area contributed by atoms with E-state index in [-0.39, 0.29) is 11.4 Å². The van der Waals surface area contributed by atoms with E-state index in [2.05, 4.69) is 24.3 Å². The lowest BCUT2D eigenvalue weighted by atomic mass is 10.1. The number of oxime groups is 1. The summed E-state index contributed by atoms with van der Waals surface area (Å²) in [6.45, 7) is 4.59. The number of nitrogens with one attached hydrogen (secondary N) is 1. The third kappa shape index (κ3) is 4.72. The second-order valence-corrected chi connectivity index (χ2v) is 5.52. The van der Waals surface area contributed by atoms with Gasteiger partial charge in [-0.2, -0.15) is 11.8 Å². The summed E-state index contributed by atoms with van der Waals surface area (Å²) in [7, 11) is 0. The van der Waals surface area contributed by atoms with E-state index >= 15 is 0 Å². The largest absolute Gasteiger partial charge is 0.409 e. The maximum atomic E-state index is 14.1. The monoisotopic (exact) mass is 285 g/mol. The lowest BCUT2D eigenvalue weighted by molar-refractivity contribution is 0.318. The van der Waals surface area contributed by atoms with Crippen molar-refractivity contribution in [1.29, 1.82) is 0 Å². The van der Waals surface area contributed by atoms with Gasteiger partial charge in [0.25, 0.3) is 0 Å². The molecule has 0 amide bonds. The lowest BCUT2D eigenvalue weighted by Crippen LogP contribution is -2.28. The predicted octanol–water partition coefficient (Wildman–Crippen LogP) is 2.15. The van der Waals surface area contributed by atoms with Crippen LogP contribution < -0.4 is 11.1 Å². The van der Waals surface area contributed by atoms with Crippen LogP contribution in [0.2, 0.25) is 0 Å². The molecule has 0 fully saturated rings. The fourth-order valence-electron chi connectivity index (χ4n) is 1.61. The molecule has 0 aliphatic heterocycles. The second-order valence-electron chi connectivity index (χ2n) is 4.21. The molecule has 1 aromatic carbocycles. The topological polar surface area (TPSA) is 70.6 Å². The number of nitrogens with zero attached hydrogens (tertiary/aromatic N) is 1. The Morgan fingerprint density at radius 1 is 1.58 bits per heavy atom. The molecule has 1 aromatic rings. The molecule has 4 N–H and O–H groups in total. The normalized spacial score (nSPS) is 13.5. The SMILES string of the molecule is CCSCC(C)NCc1cccc(/C(N)=N/O)c1F. The van der Waals surface area contributed by atoms with Gasteiger partial charge in [-0.25, -0.2) is 4.39 Å². The fraction of sp³-hybridized carbons (Fsp3) is 0.462. The smallest absolute Gasteiger partial charge is 0.173 e. The Labute approximate surface area is 117 Å². The molecule has 1 rings (SSSR count). The molecule has 106 valence electrons. The highest BCUT2D eigenvalue weighted by Crippen LogP contribution is 2.13. The second kappa shape index (κ2) is 8.01. The van der Waals surface area contributed by atoms with Gasteiger partial charge in [0.15, 0.2) is 5.84 Å². The minimum atomic E-state index is -0.444. The molecule has 6 heteroatoms. The van der Waals surface area contributed by atoms with Crippen LogP contribution in [0.3, 0.4) is 0 Å². The van der Waals surface area contributed by atoms with Crippen LogP contribution in [0, 0.1) is 5.82 Å². The van der Waals surface area contributed by atoms with Gasteiger partial charge in [-0.1, -0.05) is 24.2 Å². The van der Waals surface area contributed by atoms with E-state index in [1.54, 1.807) is 12.1 Å².